The summed E-state index contributed by atoms with van der Waals surface area (Å²) in [6.07, 6.45) is 0.667. The molecule has 1 saturated heterocycles. The quantitative estimate of drug-likeness (QED) is 0.686. The summed E-state index contributed by atoms with van der Waals surface area (Å²) in [6, 6.07) is 0.191. The maximum absolute atomic E-state index is 11.7. The molecule has 5 nitrogen and oxygen atoms in total. The molecule has 0 aromatic carbocycles. The summed E-state index contributed by atoms with van der Waals surface area (Å²) in [7, 11) is 0. The van der Waals surface area contributed by atoms with Crippen molar-refractivity contribution in [2.24, 2.45) is 5.92 Å². The van der Waals surface area contributed by atoms with E-state index in [1.165, 1.54) is 0 Å². The minimum Gasteiger partial charge on any atom is -0.481 e. The van der Waals surface area contributed by atoms with Gasteiger partial charge >= 0.3 is 5.97 Å². The van der Waals surface area contributed by atoms with Gasteiger partial charge in [0.15, 0.2) is 0 Å². The molecule has 0 aromatic heterocycles. The topological polar surface area (TPSA) is 69.6 Å². The van der Waals surface area contributed by atoms with Gasteiger partial charge < -0.3 is 15.3 Å². The lowest BCUT2D eigenvalue weighted by molar-refractivity contribution is -0.145. The van der Waals surface area contributed by atoms with E-state index >= 15 is 0 Å². The highest BCUT2D eigenvalue weighted by atomic mass is 16.4. The average molecular weight is 228 g/mol. The number of carbonyl (C=O) groups excluding carboxylic acids is 1. The summed E-state index contributed by atoms with van der Waals surface area (Å²) < 4.78 is 0. The van der Waals surface area contributed by atoms with Crippen LogP contribution in [0.4, 0.5) is 0 Å². The summed E-state index contributed by atoms with van der Waals surface area (Å²) in [6.45, 7) is 6.05. The van der Waals surface area contributed by atoms with Crippen LogP contribution in [0.2, 0.25) is 0 Å². The molecule has 0 aromatic rings. The van der Waals surface area contributed by atoms with Gasteiger partial charge in [-0.2, -0.15) is 0 Å². The van der Waals surface area contributed by atoms with Crippen molar-refractivity contribution < 1.29 is 14.7 Å². The molecule has 0 aliphatic carbocycles. The van der Waals surface area contributed by atoms with Crippen molar-refractivity contribution in [2.75, 3.05) is 19.6 Å². The van der Waals surface area contributed by atoms with Gasteiger partial charge in [-0.1, -0.05) is 6.92 Å². The fraction of sp³-hybridized carbons (Fsp3) is 0.818. The molecular weight excluding hydrogens is 208 g/mol. The number of amides is 1. The molecule has 1 unspecified atom stereocenters. The molecule has 0 spiro atoms. The average Bonchev–Trinajstić information content (AvgIpc) is 2.10. The van der Waals surface area contributed by atoms with Crippen LogP contribution in [-0.2, 0) is 9.59 Å². The summed E-state index contributed by atoms with van der Waals surface area (Å²) in [5.74, 6) is -0.510. The smallest absolute Gasteiger partial charge is 0.303 e. The van der Waals surface area contributed by atoms with Crippen LogP contribution < -0.4 is 5.32 Å². The standard InChI is InChI=1S/C11H20N2O3/c1-3-12-8(2)4-10(14)13-6-9(7-13)5-11(15)16/h8-9,12H,3-7H2,1-2H3,(H,15,16). The van der Waals surface area contributed by atoms with E-state index in [0.717, 1.165) is 6.54 Å². The molecule has 1 aliphatic heterocycles. The van der Waals surface area contributed by atoms with E-state index in [9.17, 15) is 9.59 Å². The van der Waals surface area contributed by atoms with Gasteiger partial charge in [0.2, 0.25) is 5.91 Å². The van der Waals surface area contributed by atoms with Crippen LogP contribution in [-0.4, -0.2) is 47.6 Å². The van der Waals surface area contributed by atoms with Gasteiger partial charge in [-0.3, -0.25) is 9.59 Å². The van der Waals surface area contributed by atoms with Gasteiger partial charge in [0.25, 0.3) is 0 Å². The van der Waals surface area contributed by atoms with Crippen LogP contribution >= 0.6 is 0 Å². The Morgan fingerprint density at radius 1 is 1.50 bits per heavy atom. The Morgan fingerprint density at radius 3 is 2.62 bits per heavy atom. The minimum atomic E-state index is -0.780. The summed E-state index contributed by atoms with van der Waals surface area (Å²) in [4.78, 5) is 23.8. The molecule has 1 fully saturated rings. The fourth-order valence-corrected chi connectivity index (χ4v) is 1.96. The number of carbonyl (C=O) groups is 2. The number of nitrogens with one attached hydrogen (secondary N) is 1. The summed E-state index contributed by atoms with van der Waals surface area (Å²) >= 11 is 0. The summed E-state index contributed by atoms with van der Waals surface area (Å²) in [5, 5.41) is 11.8. The number of nitrogens with zero attached hydrogens (tertiary/aromatic N) is 1. The molecule has 1 atom stereocenters. The number of aliphatic carboxylic acids is 1. The van der Waals surface area contributed by atoms with Gasteiger partial charge in [-0.05, 0) is 13.5 Å². The number of carboxylic acids is 1. The predicted octanol–water partition coefficient (Wildman–Crippen LogP) is 0.308. The van der Waals surface area contributed by atoms with Crippen LogP contribution in [0.25, 0.3) is 0 Å². The van der Waals surface area contributed by atoms with Gasteiger partial charge in [0.1, 0.15) is 0 Å². The van der Waals surface area contributed by atoms with Crippen molar-refractivity contribution in [1.29, 1.82) is 0 Å². The van der Waals surface area contributed by atoms with E-state index in [-0.39, 0.29) is 24.3 Å². The molecule has 5 heteroatoms. The molecule has 0 bridgehead atoms. The summed E-state index contributed by atoms with van der Waals surface area (Å²) in [5.41, 5.74) is 0. The highest BCUT2D eigenvalue weighted by Crippen LogP contribution is 2.20. The first-order valence-electron chi connectivity index (χ1n) is 5.75. The molecule has 0 saturated carbocycles. The lowest BCUT2D eigenvalue weighted by Gasteiger charge is -2.39. The van der Waals surface area contributed by atoms with Gasteiger partial charge in [0, 0.05) is 31.5 Å². The van der Waals surface area contributed by atoms with Gasteiger partial charge in [0.05, 0.1) is 6.42 Å². The first kappa shape index (κ1) is 13.0. The lowest BCUT2D eigenvalue weighted by Crippen LogP contribution is -2.51. The van der Waals surface area contributed by atoms with E-state index in [1.54, 1.807) is 4.90 Å². The zero-order chi connectivity index (χ0) is 12.1. The SMILES string of the molecule is CCNC(C)CC(=O)N1CC(CC(=O)O)C1. The zero-order valence-electron chi connectivity index (χ0n) is 9.90. The Bertz CT molecular complexity index is 262. The minimum absolute atomic E-state index is 0.120. The Balaban J connectivity index is 2.19. The van der Waals surface area contributed by atoms with Crippen molar-refractivity contribution in [3.05, 3.63) is 0 Å². The van der Waals surface area contributed by atoms with Crippen LogP contribution in [0, 0.1) is 5.92 Å². The second kappa shape index (κ2) is 5.84. The van der Waals surface area contributed by atoms with Crippen molar-refractivity contribution >= 4 is 11.9 Å². The van der Waals surface area contributed by atoms with Crippen molar-refractivity contribution in [3.8, 4) is 0 Å². The van der Waals surface area contributed by atoms with Crippen LogP contribution in [0.3, 0.4) is 0 Å². The second-order valence-electron chi connectivity index (χ2n) is 4.43. The highest BCUT2D eigenvalue weighted by Gasteiger charge is 2.32. The van der Waals surface area contributed by atoms with Crippen LogP contribution in [0.5, 0.6) is 0 Å². The monoisotopic (exact) mass is 228 g/mol. The molecular formula is C11H20N2O3. The third kappa shape index (κ3) is 3.81. The van der Waals surface area contributed by atoms with E-state index in [1.807, 2.05) is 13.8 Å². The van der Waals surface area contributed by atoms with E-state index < -0.39 is 5.97 Å². The molecule has 0 radical (unpaired) electrons. The Labute approximate surface area is 95.8 Å². The molecule has 1 heterocycles. The number of carboxylic acid groups (broad SMARTS) is 1. The molecule has 92 valence electrons. The third-order valence-corrected chi connectivity index (χ3v) is 2.81. The van der Waals surface area contributed by atoms with E-state index in [0.29, 0.717) is 19.5 Å². The van der Waals surface area contributed by atoms with Crippen molar-refractivity contribution in [1.82, 2.24) is 10.2 Å². The van der Waals surface area contributed by atoms with Crippen LogP contribution in [0.15, 0.2) is 0 Å². The first-order valence-corrected chi connectivity index (χ1v) is 5.75. The fourth-order valence-electron chi connectivity index (χ4n) is 1.96. The van der Waals surface area contributed by atoms with E-state index in [4.69, 9.17) is 5.11 Å². The van der Waals surface area contributed by atoms with Crippen molar-refractivity contribution in [2.45, 2.75) is 32.7 Å². The van der Waals surface area contributed by atoms with Crippen molar-refractivity contribution in [3.63, 3.8) is 0 Å². The normalized spacial score (nSPS) is 18.0. The Morgan fingerprint density at radius 2 is 2.12 bits per heavy atom. The Kier molecular flexibility index (Phi) is 4.73. The lowest BCUT2D eigenvalue weighted by atomic mass is 9.95. The maximum atomic E-state index is 11.7. The molecule has 1 aliphatic rings. The Hall–Kier alpha value is -1.10. The second-order valence-corrected chi connectivity index (χ2v) is 4.43. The molecule has 1 amide bonds. The largest absolute Gasteiger partial charge is 0.481 e. The molecule has 16 heavy (non-hydrogen) atoms. The molecule has 2 N–H and O–H groups in total. The number of hydrogen-bond acceptors (Lipinski definition) is 3. The van der Waals surface area contributed by atoms with Gasteiger partial charge in [-0.15, -0.1) is 0 Å². The van der Waals surface area contributed by atoms with Gasteiger partial charge in [-0.25, -0.2) is 0 Å². The third-order valence-electron chi connectivity index (χ3n) is 2.81. The predicted molar refractivity (Wildman–Crippen MR) is 60.1 cm³/mol. The maximum Gasteiger partial charge on any atom is 0.303 e. The number of rotatable bonds is 6. The highest BCUT2D eigenvalue weighted by molar-refractivity contribution is 5.78. The number of hydrogen-bond donors (Lipinski definition) is 2. The molecule has 1 rings (SSSR count). The first-order chi connectivity index (χ1) is 7.52. The zero-order valence-corrected chi connectivity index (χ0v) is 9.90. The number of likely N-dealkylation sites (tertiary alicyclic amines) is 1. The van der Waals surface area contributed by atoms with Crippen LogP contribution in [0.1, 0.15) is 26.7 Å². The van der Waals surface area contributed by atoms with E-state index in [2.05, 4.69) is 5.32 Å².